The van der Waals surface area contributed by atoms with Crippen LogP contribution in [-0.2, 0) is 6.42 Å². The summed E-state index contributed by atoms with van der Waals surface area (Å²) in [6.07, 6.45) is 2.47. The average Bonchev–Trinajstić information content (AvgIpc) is 2.17. The van der Waals surface area contributed by atoms with Gasteiger partial charge < -0.3 is 5.11 Å². The van der Waals surface area contributed by atoms with Crippen LogP contribution in [0.4, 0.5) is 0 Å². The van der Waals surface area contributed by atoms with Gasteiger partial charge in [0.1, 0.15) is 0 Å². The van der Waals surface area contributed by atoms with Crippen molar-refractivity contribution in [2.75, 3.05) is 6.61 Å². The van der Waals surface area contributed by atoms with Gasteiger partial charge in [-0.25, -0.2) is 0 Å². The first-order valence-corrected chi connectivity index (χ1v) is 5.24. The number of aromatic nitrogens is 1. The summed E-state index contributed by atoms with van der Waals surface area (Å²) in [6, 6.07) is 8.04. The molecule has 14 heavy (non-hydrogen) atoms. The highest BCUT2D eigenvalue weighted by molar-refractivity contribution is 9.10. The number of rotatable bonds is 2. The summed E-state index contributed by atoms with van der Waals surface area (Å²) in [6.45, 7) is 0.168. The Morgan fingerprint density at radius 3 is 2.93 bits per heavy atom. The number of halogens is 1. The molecule has 0 saturated carbocycles. The fourth-order valence-corrected chi connectivity index (χ4v) is 1.79. The first-order valence-electron chi connectivity index (χ1n) is 4.44. The van der Waals surface area contributed by atoms with Crippen molar-refractivity contribution in [1.29, 1.82) is 0 Å². The molecule has 0 aliphatic heterocycles. The maximum atomic E-state index is 8.81. The summed E-state index contributed by atoms with van der Waals surface area (Å²) in [4.78, 5) is 4.31. The number of nitrogens with zero attached hydrogens (tertiary/aromatic N) is 1. The van der Waals surface area contributed by atoms with E-state index in [1.807, 2.05) is 24.4 Å². The van der Waals surface area contributed by atoms with Crippen LogP contribution < -0.4 is 0 Å². The molecule has 0 aliphatic carbocycles. The van der Waals surface area contributed by atoms with Crippen LogP contribution in [-0.4, -0.2) is 16.7 Å². The molecule has 0 unspecified atom stereocenters. The minimum absolute atomic E-state index is 0.168. The normalized spacial score (nSPS) is 10.7. The third-order valence-electron chi connectivity index (χ3n) is 2.10. The number of aliphatic hydroxyl groups is 1. The van der Waals surface area contributed by atoms with E-state index < -0.39 is 0 Å². The Bertz CT molecular complexity index is 456. The molecule has 3 heteroatoms. The summed E-state index contributed by atoms with van der Waals surface area (Å²) in [5.41, 5.74) is 2.05. The molecule has 0 aliphatic rings. The van der Waals surface area contributed by atoms with Gasteiger partial charge in [0.15, 0.2) is 0 Å². The highest BCUT2D eigenvalue weighted by atomic mass is 79.9. The van der Waals surface area contributed by atoms with Crippen LogP contribution in [0.2, 0.25) is 0 Å². The molecule has 1 aromatic carbocycles. The molecule has 2 rings (SSSR count). The maximum Gasteiger partial charge on any atom is 0.0702 e. The molecule has 0 atom stereocenters. The summed E-state index contributed by atoms with van der Waals surface area (Å²) < 4.78 is 1.05. The number of fused-ring (bicyclic) bond motifs is 1. The minimum Gasteiger partial charge on any atom is -0.396 e. The molecule has 0 bridgehead atoms. The molecule has 2 aromatic rings. The lowest BCUT2D eigenvalue weighted by Crippen LogP contribution is -1.91. The van der Waals surface area contributed by atoms with E-state index in [1.54, 1.807) is 0 Å². The van der Waals surface area contributed by atoms with Crippen molar-refractivity contribution >= 4 is 26.8 Å². The molecule has 2 nitrogen and oxygen atoms in total. The van der Waals surface area contributed by atoms with Gasteiger partial charge in [-0.05, 0) is 36.2 Å². The van der Waals surface area contributed by atoms with Gasteiger partial charge in [-0.3, -0.25) is 4.98 Å². The molecule has 0 saturated heterocycles. The van der Waals surface area contributed by atoms with Crippen LogP contribution >= 0.6 is 15.9 Å². The summed E-state index contributed by atoms with van der Waals surface area (Å²) >= 11 is 3.42. The van der Waals surface area contributed by atoms with E-state index in [2.05, 4.69) is 27.0 Å². The zero-order valence-corrected chi connectivity index (χ0v) is 9.16. The zero-order valence-electron chi connectivity index (χ0n) is 7.57. The highest BCUT2D eigenvalue weighted by Crippen LogP contribution is 2.19. The molecule has 0 spiro atoms. The maximum absolute atomic E-state index is 8.81. The van der Waals surface area contributed by atoms with Crippen LogP contribution in [0.15, 0.2) is 34.9 Å². The Hall–Kier alpha value is -0.930. The molecule has 1 aromatic heterocycles. The quantitative estimate of drug-likeness (QED) is 0.890. The third-order valence-corrected chi connectivity index (χ3v) is 2.59. The Balaban J connectivity index is 2.52. The van der Waals surface area contributed by atoms with E-state index >= 15 is 0 Å². The fraction of sp³-hybridized carbons (Fsp3) is 0.182. The van der Waals surface area contributed by atoms with Crippen molar-refractivity contribution in [3.05, 3.63) is 40.5 Å². The van der Waals surface area contributed by atoms with Gasteiger partial charge in [0, 0.05) is 22.7 Å². The predicted octanol–water partition coefficient (Wildman–Crippen LogP) is 2.53. The van der Waals surface area contributed by atoms with Gasteiger partial charge in [0.25, 0.3) is 0 Å². The summed E-state index contributed by atoms with van der Waals surface area (Å²) in [7, 11) is 0. The monoisotopic (exact) mass is 251 g/mol. The fourth-order valence-electron chi connectivity index (χ4n) is 1.41. The minimum atomic E-state index is 0.168. The molecular formula is C11H10BrNO. The van der Waals surface area contributed by atoms with E-state index in [1.165, 1.54) is 0 Å². The summed E-state index contributed by atoms with van der Waals surface area (Å²) in [5, 5.41) is 9.91. The number of hydrogen-bond donors (Lipinski definition) is 1. The van der Waals surface area contributed by atoms with E-state index in [0.29, 0.717) is 6.42 Å². The van der Waals surface area contributed by atoms with E-state index in [0.717, 1.165) is 20.9 Å². The van der Waals surface area contributed by atoms with Crippen LogP contribution in [0.3, 0.4) is 0 Å². The van der Waals surface area contributed by atoms with Gasteiger partial charge >= 0.3 is 0 Å². The molecule has 1 heterocycles. The van der Waals surface area contributed by atoms with Crippen molar-refractivity contribution in [2.24, 2.45) is 0 Å². The van der Waals surface area contributed by atoms with Gasteiger partial charge in [0.05, 0.1) is 5.52 Å². The van der Waals surface area contributed by atoms with Gasteiger partial charge in [-0.1, -0.05) is 15.9 Å². The number of benzene rings is 1. The van der Waals surface area contributed by atoms with Crippen molar-refractivity contribution in [1.82, 2.24) is 4.98 Å². The Labute approximate surface area is 90.7 Å². The smallest absolute Gasteiger partial charge is 0.0702 e. The molecule has 0 radical (unpaired) electrons. The first-order chi connectivity index (χ1) is 6.79. The molecule has 1 N–H and O–H groups in total. The second-order valence-electron chi connectivity index (χ2n) is 3.15. The lowest BCUT2D eigenvalue weighted by atomic mass is 10.1. The molecule has 0 fully saturated rings. The molecular weight excluding hydrogens is 242 g/mol. The Morgan fingerprint density at radius 2 is 2.14 bits per heavy atom. The van der Waals surface area contributed by atoms with Gasteiger partial charge in [-0.2, -0.15) is 0 Å². The second-order valence-corrected chi connectivity index (χ2v) is 4.07. The molecule has 72 valence electrons. The van der Waals surface area contributed by atoms with Crippen LogP contribution in [0.5, 0.6) is 0 Å². The largest absolute Gasteiger partial charge is 0.396 e. The van der Waals surface area contributed by atoms with Crippen molar-refractivity contribution in [3.8, 4) is 0 Å². The van der Waals surface area contributed by atoms with Gasteiger partial charge in [-0.15, -0.1) is 0 Å². The topological polar surface area (TPSA) is 33.1 Å². The van der Waals surface area contributed by atoms with Crippen LogP contribution in [0.1, 0.15) is 5.56 Å². The third kappa shape index (κ3) is 1.94. The summed E-state index contributed by atoms with van der Waals surface area (Å²) in [5.74, 6) is 0. The van der Waals surface area contributed by atoms with E-state index in [4.69, 9.17) is 5.11 Å². The zero-order chi connectivity index (χ0) is 9.97. The van der Waals surface area contributed by atoms with Crippen molar-refractivity contribution in [3.63, 3.8) is 0 Å². The van der Waals surface area contributed by atoms with E-state index in [-0.39, 0.29) is 6.61 Å². The lowest BCUT2D eigenvalue weighted by molar-refractivity contribution is 0.299. The van der Waals surface area contributed by atoms with Crippen LogP contribution in [0.25, 0.3) is 10.9 Å². The lowest BCUT2D eigenvalue weighted by Gasteiger charge is -2.01. The Kier molecular flexibility index (Phi) is 2.79. The van der Waals surface area contributed by atoms with Crippen molar-refractivity contribution < 1.29 is 5.11 Å². The van der Waals surface area contributed by atoms with Gasteiger partial charge in [0.2, 0.25) is 0 Å². The van der Waals surface area contributed by atoms with Crippen molar-refractivity contribution in [2.45, 2.75) is 6.42 Å². The average molecular weight is 252 g/mol. The standard InChI is InChI=1S/C11H10BrNO/c12-10-1-2-11-9(6-10)5-8(3-4-14)7-13-11/h1-2,5-7,14H,3-4H2. The SMILES string of the molecule is OCCc1cnc2ccc(Br)cc2c1. The first kappa shape index (κ1) is 9.62. The van der Waals surface area contributed by atoms with E-state index in [9.17, 15) is 0 Å². The predicted molar refractivity (Wildman–Crippen MR) is 60.2 cm³/mol. The number of aliphatic hydroxyl groups excluding tert-OH is 1. The highest BCUT2D eigenvalue weighted by Gasteiger charge is 1.98. The molecule has 0 amide bonds. The number of hydrogen-bond acceptors (Lipinski definition) is 2. The number of pyridine rings is 1. The van der Waals surface area contributed by atoms with Crippen LogP contribution in [0, 0.1) is 0 Å². The Morgan fingerprint density at radius 1 is 1.29 bits per heavy atom. The second kappa shape index (κ2) is 4.07.